The Labute approximate surface area is 91.5 Å². The van der Waals surface area contributed by atoms with Gasteiger partial charge in [0.25, 0.3) is 0 Å². The SMILES string of the molecule is CCCC(=O)NCc1cc(C)n(C)c1C. The van der Waals surface area contributed by atoms with Crippen molar-refractivity contribution in [1.29, 1.82) is 0 Å². The van der Waals surface area contributed by atoms with E-state index in [1.54, 1.807) is 0 Å². The molecule has 0 unspecified atom stereocenters. The largest absolute Gasteiger partial charge is 0.352 e. The molecule has 84 valence electrons. The maximum atomic E-state index is 11.3. The average Bonchev–Trinajstić information content (AvgIpc) is 2.43. The maximum absolute atomic E-state index is 11.3. The van der Waals surface area contributed by atoms with Crippen LogP contribution < -0.4 is 5.32 Å². The fourth-order valence-corrected chi connectivity index (χ4v) is 1.62. The van der Waals surface area contributed by atoms with E-state index in [2.05, 4.69) is 29.8 Å². The number of hydrogen-bond acceptors (Lipinski definition) is 1. The number of hydrogen-bond donors (Lipinski definition) is 1. The van der Waals surface area contributed by atoms with Gasteiger partial charge in [0.2, 0.25) is 5.91 Å². The van der Waals surface area contributed by atoms with E-state index in [-0.39, 0.29) is 5.91 Å². The molecule has 3 nitrogen and oxygen atoms in total. The van der Waals surface area contributed by atoms with Crippen molar-refractivity contribution < 1.29 is 4.79 Å². The van der Waals surface area contributed by atoms with Gasteiger partial charge in [-0.05, 0) is 31.9 Å². The third-order valence-corrected chi connectivity index (χ3v) is 2.83. The zero-order chi connectivity index (χ0) is 11.4. The van der Waals surface area contributed by atoms with E-state index >= 15 is 0 Å². The molecule has 0 radical (unpaired) electrons. The van der Waals surface area contributed by atoms with Crippen LogP contribution in [0.25, 0.3) is 0 Å². The van der Waals surface area contributed by atoms with Crippen LogP contribution in [0.3, 0.4) is 0 Å². The average molecular weight is 208 g/mol. The van der Waals surface area contributed by atoms with Crippen LogP contribution in [-0.2, 0) is 18.4 Å². The highest BCUT2D eigenvalue weighted by molar-refractivity contribution is 5.75. The van der Waals surface area contributed by atoms with Crippen LogP contribution in [0.2, 0.25) is 0 Å². The molecule has 0 bridgehead atoms. The smallest absolute Gasteiger partial charge is 0.220 e. The van der Waals surface area contributed by atoms with Gasteiger partial charge in [0.05, 0.1) is 0 Å². The minimum Gasteiger partial charge on any atom is -0.352 e. The van der Waals surface area contributed by atoms with Crippen molar-refractivity contribution in [2.24, 2.45) is 7.05 Å². The molecule has 0 fully saturated rings. The van der Waals surface area contributed by atoms with E-state index < -0.39 is 0 Å². The maximum Gasteiger partial charge on any atom is 0.220 e. The van der Waals surface area contributed by atoms with E-state index in [9.17, 15) is 4.79 Å². The Balaban J connectivity index is 2.58. The molecule has 0 saturated carbocycles. The monoisotopic (exact) mass is 208 g/mol. The zero-order valence-corrected chi connectivity index (χ0v) is 10.1. The predicted molar refractivity (Wildman–Crippen MR) is 61.6 cm³/mol. The summed E-state index contributed by atoms with van der Waals surface area (Å²) in [7, 11) is 2.04. The lowest BCUT2D eigenvalue weighted by Gasteiger charge is -2.04. The molecular formula is C12H20N2O. The standard InChI is InChI=1S/C12H20N2O/c1-5-6-12(15)13-8-11-7-9(2)14(4)10(11)3/h7H,5-6,8H2,1-4H3,(H,13,15). The molecule has 0 spiro atoms. The molecule has 1 aromatic rings. The van der Waals surface area contributed by atoms with Crippen LogP contribution in [0.1, 0.15) is 36.7 Å². The normalized spacial score (nSPS) is 10.4. The van der Waals surface area contributed by atoms with E-state index in [1.165, 1.54) is 17.0 Å². The Bertz CT molecular complexity index is 353. The molecule has 0 atom stereocenters. The summed E-state index contributed by atoms with van der Waals surface area (Å²) in [5.41, 5.74) is 3.66. The van der Waals surface area contributed by atoms with Crippen LogP contribution in [-0.4, -0.2) is 10.5 Å². The highest BCUT2D eigenvalue weighted by Crippen LogP contribution is 2.12. The van der Waals surface area contributed by atoms with Gasteiger partial charge in [-0.1, -0.05) is 6.92 Å². The topological polar surface area (TPSA) is 34.0 Å². The first-order chi connectivity index (χ1) is 7.06. The second-order valence-corrected chi connectivity index (χ2v) is 3.98. The van der Waals surface area contributed by atoms with Crippen molar-refractivity contribution in [1.82, 2.24) is 9.88 Å². The van der Waals surface area contributed by atoms with E-state index in [4.69, 9.17) is 0 Å². The van der Waals surface area contributed by atoms with Gasteiger partial charge in [-0.15, -0.1) is 0 Å². The Morgan fingerprint density at radius 3 is 2.60 bits per heavy atom. The fourth-order valence-electron chi connectivity index (χ4n) is 1.62. The molecule has 0 aliphatic carbocycles. The fraction of sp³-hybridized carbons (Fsp3) is 0.583. The Hall–Kier alpha value is -1.25. The number of aromatic nitrogens is 1. The van der Waals surface area contributed by atoms with Crippen LogP contribution in [0.5, 0.6) is 0 Å². The summed E-state index contributed by atoms with van der Waals surface area (Å²) < 4.78 is 2.14. The summed E-state index contributed by atoms with van der Waals surface area (Å²) in [4.78, 5) is 11.3. The van der Waals surface area contributed by atoms with Crippen molar-refractivity contribution >= 4 is 5.91 Å². The van der Waals surface area contributed by atoms with Gasteiger partial charge in [-0.3, -0.25) is 4.79 Å². The molecule has 0 aromatic carbocycles. The molecule has 3 heteroatoms. The molecule has 1 aromatic heterocycles. The van der Waals surface area contributed by atoms with Gasteiger partial charge in [0.15, 0.2) is 0 Å². The molecule has 1 N–H and O–H groups in total. The summed E-state index contributed by atoms with van der Waals surface area (Å²) >= 11 is 0. The third-order valence-electron chi connectivity index (χ3n) is 2.83. The van der Waals surface area contributed by atoms with Crippen LogP contribution in [0.15, 0.2) is 6.07 Å². The zero-order valence-electron chi connectivity index (χ0n) is 10.1. The van der Waals surface area contributed by atoms with Crippen molar-refractivity contribution in [2.45, 2.75) is 40.2 Å². The molecule has 1 heterocycles. The molecule has 0 aliphatic heterocycles. The van der Waals surface area contributed by atoms with E-state index in [0.717, 1.165) is 6.42 Å². The molecule has 0 aliphatic rings. The first kappa shape index (κ1) is 11.8. The van der Waals surface area contributed by atoms with Gasteiger partial charge in [0.1, 0.15) is 0 Å². The second-order valence-electron chi connectivity index (χ2n) is 3.98. The minimum absolute atomic E-state index is 0.137. The van der Waals surface area contributed by atoms with E-state index in [1.807, 2.05) is 14.0 Å². The Kier molecular flexibility index (Phi) is 3.95. The van der Waals surface area contributed by atoms with Gasteiger partial charge >= 0.3 is 0 Å². The van der Waals surface area contributed by atoms with Gasteiger partial charge in [0, 0.05) is 31.4 Å². The molecule has 15 heavy (non-hydrogen) atoms. The summed E-state index contributed by atoms with van der Waals surface area (Å²) in [5.74, 6) is 0.137. The Morgan fingerprint density at radius 1 is 1.47 bits per heavy atom. The van der Waals surface area contributed by atoms with Crippen molar-refractivity contribution in [3.63, 3.8) is 0 Å². The number of rotatable bonds is 4. The van der Waals surface area contributed by atoms with E-state index in [0.29, 0.717) is 13.0 Å². The first-order valence-electron chi connectivity index (χ1n) is 5.44. The minimum atomic E-state index is 0.137. The van der Waals surface area contributed by atoms with Crippen LogP contribution in [0, 0.1) is 13.8 Å². The number of nitrogens with one attached hydrogen (secondary N) is 1. The number of aryl methyl sites for hydroxylation is 1. The van der Waals surface area contributed by atoms with Crippen molar-refractivity contribution in [3.05, 3.63) is 23.0 Å². The van der Waals surface area contributed by atoms with Gasteiger partial charge in [-0.25, -0.2) is 0 Å². The first-order valence-corrected chi connectivity index (χ1v) is 5.44. The number of amides is 1. The predicted octanol–water partition coefficient (Wildman–Crippen LogP) is 2.06. The molecule has 0 saturated heterocycles. The summed E-state index contributed by atoms with van der Waals surface area (Å²) in [6.07, 6.45) is 1.52. The molecule has 1 rings (SSSR count). The quantitative estimate of drug-likeness (QED) is 0.807. The highest BCUT2D eigenvalue weighted by Gasteiger charge is 2.06. The van der Waals surface area contributed by atoms with Crippen molar-refractivity contribution in [2.75, 3.05) is 0 Å². The summed E-state index contributed by atoms with van der Waals surface area (Å²) in [5, 5.41) is 2.93. The number of carbonyl (C=O) groups excluding carboxylic acids is 1. The third kappa shape index (κ3) is 2.85. The highest BCUT2D eigenvalue weighted by atomic mass is 16.1. The lowest BCUT2D eigenvalue weighted by atomic mass is 10.2. The lowest BCUT2D eigenvalue weighted by molar-refractivity contribution is -0.121. The molecule has 1 amide bonds. The van der Waals surface area contributed by atoms with Gasteiger partial charge in [-0.2, -0.15) is 0 Å². The van der Waals surface area contributed by atoms with Gasteiger partial charge < -0.3 is 9.88 Å². The summed E-state index contributed by atoms with van der Waals surface area (Å²) in [6.45, 7) is 6.81. The lowest BCUT2D eigenvalue weighted by Crippen LogP contribution is -2.22. The summed E-state index contributed by atoms with van der Waals surface area (Å²) in [6, 6.07) is 2.13. The van der Waals surface area contributed by atoms with Crippen LogP contribution >= 0.6 is 0 Å². The molecular weight excluding hydrogens is 188 g/mol. The second kappa shape index (κ2) is 5.01. The number of nitrogens with zero attached hydrogens (tertiary/aromatic N) is 1. The van der Waals surface area contributed by atoms with Crippen molar-refractivity contribution in [3.8, 4) is 0 Å². The Morgan fingerprint density at radius 2 is 2.13 bits per heavy atom. The van der Waals surface area contributed by atoms with Crippen LogP contribution in [0.4, 0.5) is 0 Å². The number of carbonyl (C=O) groups is 1.